The van der Waals surface area contributed by atoms with Crippen LogP contribution in [0.1, 0.15) is 18.5 Å². The molecule has 1 aromatic carbocycles. The fourth-order valence-electron chi connectivity index (χ4n) is 2.21. The van der Waals surface area contributed by atoms with Crippen LogP contribution in [0.2, 0.25) is 0 Å². The van der Waals surface area contributed by atoms with Crippen LogP contribution in [0.3, 0.4) is 0 Å². The van der Waals surface area contributed by atoms with Crippen molar-refractivity contribution in [2.24, 2.45) is 0 Å². The lowest BCUT2D eigenvalue weighted by molar-refractivity contribution is 0.355. The fourth-order valence-corrected chi connectivity index (χ4v) is 2.21. The van der Waals surface area contributed by atoms with Gasteiger partial charge in [0.15, 0.2) is 23.7 Å². The molecular weight excluding hydrogens is 256 g/mol. The van der Waals surface area contributed by atoms with E-state index >= 15 is 0 Å². The Balaban J connectivity index is 1.93. The summed E-state index contributed by atoms with van der Waals surface area (Å²) < 4.78 is 16.3. The summed E-state index contributed by atoms with van der Waals surface area (Å²) in [6.07, 6.45) is 3.96. The van der Waals surface area contributed by atoms with E-state index in [9.17, 15) is 0 Å². The molecule has 1 N–H and O–H groups in total. The second-order valence-electron chi connectivity index (χ2n) is 4.82. The maximum absolute atomic E-state index is 5.56. The molecule has 1 saturated carbocycles. The van der Waals surface area contributed by atoms with E-state index in [0.29, 0.717) is 24.1 Å². The van der Waals surface area contributed by atoms with Gasteiger partial charge >= 0.3 is 0 Å². The van der Waals surface area contributed by atoms with E-state index in [4.69, 9.17) is 13.9 Å². The van der Waals surface area contributed by atoms with Crippen LogP contribution in [-0.2, 0) is 6.54 Å². The lowest BCUT2D eigenvalue weighted by Gasteiger charge is -2.11. The second kappa shape index (κ2) is 5.54. The van der Waals surface area contributed by atoms with Crippen molar-refractivity contribution in [3.63, 3.8) is 0 Å². The van der Waals surface area contributed by atoms with Crippen molar-refractivity contribution in [1.82, 2.24) is 10.3 Å². The van der Waals surface area contributed by atoms with Crippen molar-refractivity contribution in [1.29, 1.82) is 0 Å². The summed E-state index contributed by atoms with van der Waals surface area (Å²) in [5.41, 5.74) is 1.75. The molecule has 0 amide bonds. The summed E-state index contributed by atoms with van der Waals surface area (Å²) >= 11 is 0. The van der Waals surface area contributed by atoms with Gasteiger partial charge in [-0.1, -0.05) is 6.07 Å². The van der Waals surface area contributed by atoms with Crippen LogP contribution in [0.15, 0.2) is 29.0 Å². The molecule has 5 heteroatoms. The summed E-state index contributed by atoms with van der Waals surface area (Å²) in [5.74, 6) is 2.08. The first kappa shape index (κ1) is 13.0. The van der Waals surface area contributed by atoms with Crippen LogP contribution in [0.25, 0.3) is 11.3 Å². The number of methoxy groups -OCH3 is 2. The van der Waals surface area contributed by atoms with Crippen LogP contribution in [0.5, 0.6) is 11.5 Å². The Hall–Kier alpha value is -2.01. The molecule has 3 rings (SSSR count). The molecule has 0 radical (unpaired) electrons. The lowest BCUT2D eigenvalue weighted by Crippen LogP contribution is -2.16. The molecule has 1 aromatic heterocycles. The first-order valence-corrected chi connectivity index (χ1v) is 6.70. The molecule has 1 aliphatic carbocycles. The molecule has 0 spiro atoms. The van der Waals surface area contributed by atoms with E-state index in [1.807, 2.05) is 18.2 Å². The van der Waals surface area contributed by atoms with Gasteiger partial charge in [-0.25, -0.2) is 4.98 Å². The van der Waals surface area contributed by atoms with Gasteiger partial charge in [0.25, 0.3) is 0 Å². The Kier molecular flexibility index (Phi) is 3.60. The number of hydrogen-bond acceptors (Lipinski definition) is 5. The van der Waals surface area contributed by atoms with E-state index in [1.165, 1.54) is 19.2 Å². The number of aromatic nitrogens is 1. The minimum absolute atomic E-state index is 0.631. The monoisotopic (exact) mass is 274 g/mol. The van der Waals surface area contributed by atoms with E-state index in [2.05, 4.69) is 10.3 Å². The molecule has 5 nitrogen and oxygen atoms in total. The standard InChI is InChI=1S/C15H18N2O3/c1-18-13-5-3-4-11(15(13)19-2)14-12(17-9-20-14)8-16-10-6-7-10/h3-5,9-10,16H,6-8H2,1-2H3. The zero-order valence-electron chi connectivity index (χ0n) is 11.7. The highest BCUT2D eigenvalue weighted by atomic mass is 16.5. The summed E-state index contributed by atoms with van der Waals surface area (Å²) in [6, 6.07) is 6.35. The highest BCUT2D eigenvalue weighted by molar-refractivity contribution is 5.71. The number of nitrogens with one attached hydrogen (secondary N) is 1. The number of hydrogen-bond donors (Lipinski definition) is 1. The van der Waals surface area contributed by atoms with Gasteiger partial charge in [-0.05, 0) is 25.0 Å². The van der Waals surface area contributed by atoms with Crippen molar-refractivity contribution in [3.05, 3.63) is 30.3 Å². The van der Waals surface area contributed by atoms with Gasteiger partial charge in [-0.3, -0.25) is 0 Å². The quantitative estimate of drug-likeness (QED) is 0.877. The minimum Gasteiger partial charge on any atom is -0.493 e. The maximum Gasteiger partial charge on any atom is 0.181 e. The Labute approximate surface area is 117 Å². The molecule has 1 fully saturated rings. The highest BCUT2D eigenvalue weighted by Crippen LogP contribution is 2.39. The molecule has 106 valence electrons. The zero-order valence-corrected chi connectivity index (χ0v) is 11.7. The Bertz CT molecular complexity index is 591. The van der Waals surface area contributed by atoms with Crippen LogP contribution in [-0.4, -0.2) is 25.2 Å². The van der Waals surface area contributed by atoms with Crippen molar-refractivity contribution in [3.8, 4) is 22.8 Å². The van der Waals surface area contributed by atoms with Gasteiger partial charge < -0.3 is 19.2 Å². The van der Waals surface area contributed by atoms with Gasteiger partial charge in [-0.2, -0.15) is 0 Å². The summed E-state index contributed by atoms with van der Waals surface area (Å²) in [6.45, 7) is 0.705. The van der Waals surface area contributed by atoms with Crippen LogP contribution >= 0.6 is 0 Å². The van der Waals surface area contributed by atoms with E-state index < -0.39 is 0 Å². The van der Waals surface area contributed by atoms with Crippen molar-refractivity contribution < 1.29 is 13.9 Å². The third-order valence-electron chi connectivity index (χ3n) is 3.42. The molecule has 0 atom stereocenters. The zero-order chi connectivity index (χ0) is 13.9. The number of oxazole rings is 1. The minimum atomic E-state index is 0.631. The third kappa shape index (κ3) is 2.49. The van der Waals surface area contributed by atoms with Gasteiger partial charge in [0, 0.05) is 12.6 Å². The predicted octanol–water partition coefficient (Wildman–Crippen LogP) is 2.61. The number of nitrogens with zero attached hydrogens (tertiary/aromatic N) is 1. The van der Waals surface area contributed by atoms with Crippen LogP contribution < -0.4 is 14.8 Å². The molecule has 0 unspecified atom stereocenters. The number of rotatable bonds is 6. The van der Waals surface area contributed by atoms with Gasteiger partial charge in [0.2, 0.25) is 0 Å². The molecule has 0 saturated heterocycles. The number of benzene rings is 1. The average molecular weight is 274 g/mol. The van der Waals surface area contributed by atoms with Gasteiger partial charge in [-0.15, -0.1) is 0 Å². The Morgan fingerprint density at radius 3 is 2.85 bits per heavy atom. The summed E-state index contributed by atoms with van der Waals surface area (Å²) in [7, 11) is 3.25. The average Bonchev–Trinajstić information content (AvgIpc) is 3.20. The molecular formula is C15H18N2O3. The Morgan fingerprint density at radius 2 is 2.15 bits per heavy atom. The van der Waals surface area contributed by atoms with Crippen LogP contribution in [0, 0.1) is 0 Å². The summed E-state index contributed by atoms with van der Waals surface area (Å²) in [5, 5.41) is 3.44. The molecule has 1 aliphatic rings. The normalized spacial score (nSPS) is 14.3. The molecule has 0 aliphatic heterocycles. The topological polar surface area (TPSA) is 56.5 Å². The number of para-hydroxylation sites is 1. The lowest BCUT2D eigenvalue weighted by atomic mass is 10.1. The predicted molar refractivity (Wildman–Crippen MR) is 74.9 cm³/mol. The van der Waals surface area contributed by atoms with Crippen molar-refractivity contribution in [2.45, 2.75) is 25.4 Å². The van der Waals surface area contributed by atoms with Crippen molar-refractivity contribution in [2.75, 3.05) is 14.2 Å². The summed E-state index contributed by atoms with van der Waals surface area (Å²) in [4.78, 5) is 4.30. The molecule has 2 aromatic rings. The van der Waals surface area contributed by atoms with Gasteiger partial charge in [0.05, 0.1) is 19.8 Å². The van der Waals surface area contributed by atoms with Gasteiger partial charge in [0.1, 0.15) is 5.69 Å². The highest BCUT2D eigenvalue weighted by Gasteiger charge is 2.23. The number of ether oxygens (including phenoxy) is 2. The SMILES string of the molecule is COc1cccc(-c2ocnc2CNC2CC2)c1OC. The van der Waals surface area contributed by atoms with Crippen LogP contribution in [0.4, 0.5) is 0 Å². The smallest absolute Gasteiger partial charge is 0.181 e. The third-order valence-corrected chi connectivity index (χ3v) is 3.42. The first-order chi connectivity index (χ1) is 9.83. The first-order valence-electron chi connectivity index (χ1n) is 6.70. The largest absolute Gasteiger partial charge is 0.493 e. The second-order valence-corrected chi connectivity index (χ2v) is 4.82. The maximum atomic E-state index is 5.56. The van der Waals surface area contributed by atoms with Crippen molar-refractivity contribution >= 4 is 0 Å². The molecule has 1 heterocycles. The van der Waals surface area contributed by atoms with E-state index in [-0.39, 0.29) is 0 Å². The van der Waals surface area contributed by atoms with E-state index in [0.717, 1.165) is 17.0 Å². The van der Waals surface area contributed by atoms with E-state index in [1.54, 1.807) is 14.2 Å². The fraction of sp³-hybridized carbons (Fsp3) is 0.400. The molecule has 20 heavy (non-hydrogen) atoms. The Morgan fingerprint density at radius 1 is 1.30 bits per heavy atom. The molecule has 0 bridgehead atoms.